The number of nitrogens with zero attached hydrogens (tertiary/aromatic N) is 4. The Balaban J connectivity index is 1.38. The van der Waals surface area contributed by atoms with Crippen molar-refractivity contribution in [3.8, 4) is 0 Å². The fourth-order valence-electron chi connectivity index (χ4n) is 3.63. The van der Waals surface area contributed by atoms with E-state index in [-0.39, 0.29) is 5.91 Å². The molecule has 0 radical (unpaired) electrons. The van der Waals surface area contributed by atoms with Crippen molar-refractivity contribution >= 4 is 5.91 Å². The van der Waals surface area contributed by atoms with Gasteiger partial charge in [0.25, 0.3) is 5.91 Å². The molecule has 2 aliphatic rings. The number of hydrogen-bond donors (Lipinski definition) is 1. The van der Waals surface area contributed by atoms with Crippen LogP contribution in [0.15, 0.2) is 10.7 Å². The summed E-state index contributed by atoms with van der Waals surface area (Å²) in [5.41, 5.74) is 4.07. The van der Waals surface area contributed by atoms with E-state index in [4.69, 9.17) is 4.52 Å². The first-order chi connectivity index (χ1) is 11.7. The molecule has 0 unspecified atom stereocenters. The van der Waals surface area contributed by atoms with E-state index < -0.39 is 0 Å². The standard InChI is InChI=1S/C17H23N5O2/c1-12-13(10-18-24-12)11-21-6-8-22(9-7-21)17(23)16-14-4-2-3-5-15(14)19-20-16/h10H,2-9,11H2,1H3,(H,19,20). The third-order valence-electron chi connectivity index (χ3n) is 5.16. The van der Waals surface area contributed by atoms with Crippen LogP contribution in [0.3, 0.4) is 0 Å². The Labute approximate surface area is 141 Å². The molecule has 0 saturated carbocycles. The molecule has 0 atom stereocenters. The molecule has 3 heterocycles. The van der Waals surface area contributed by atoms with Crippen LogP contribution >= 0.6 is 0 Å². The van der Waals surface area contributed by atoms with Crippen LogP contribution in [0.4, 0.5) is 0 Å². The summed E-state index contributed by atoms with van der Waals surface area (Å²) in [6.45, 7) is 5.97. The third-order valence-corrected chi connectivity index (χ3v) is 5.16. The van der Waals surface area contributed by atoms with Crippen molar-refractivity contribution in [3.63, 3.8) is 0 Å². The van der Waals surface area contributed by atoms with Crippen LogP contribution in [0.25, 0.3) is 0 Å². The van der Waals surface area contributed by atoms with Gasteiger partial charge in [-0.05, 0) is 32.6 Å². The van der Waals surface area contributed by atoms with Crippen LogP contribution in [0, 0.1) is 6.92 Å². The number of rotatable bonds is 3. The number of carbonyl (C=O) groups excluding carboxylic acids is 1. The highest BCUT2D eigenvalue weighted by atomic mass is 16.5. The minimum absolute atomic E-state index is 0.0789. The first kappa shape index (κ1) is 15.4. The van der Waals surface area contributed by atoms with Gasteiger partial charge in [0.15, 0.2) is 5.69 Å². The van der Waals surface area contributed by atoms with Crippen LogP contribution in [0.2, 0.25) is 0 Å². The number of hydrogen-bond acceptors (Lipinski definition) is 5. The second-order valence-electron chi connectivity index (χ2n) is 6.71. The molecule has 2 aromatic heterocycles. The molecule has 1 amide bonds. The Kier molecular flexibility index (Phi) is 4.10. The van der Waals surface area contributed by atoms with Gasteiger partial charge in [-0.25, -0.2) is 0 Å². The lowest BCUT2D eigenvalue weighted by Gasteiger charge is -2.34. The van der Waals surface area contributed by atoms with Crippen molar-refractivity contribution in [1.82, 2.24) is 25.2 Å². The van der Waals surface area contributed by atoms with E-state index in [0.29, 0.717) is 5.69 Å². The Morgan fingerprint density at radius 1 is 1.25 bits per heavy atom. The predicted octanol–water partition coefficient (Wildman–Crippen LogP) is 1.54. The molecule has 1 fully saturated rings. The van der Waals surface area contributed by atoms with E-state index in [9.17, 15) is 4.79 Å². The Bertz CT molecular complexity index is 727. The van der Waals surface area contributed by atoms with Crippen LogP contribution in [0.1, 0.15) is 45.9 Å². The summed E-state index contributed by atoms with van der Waals surface area (Å²) in [5.74, 6) is 0.951. The van der Waals surface area contributed by atoms with Gasteiger partial charge in [0, 0.05) is 49.5 Å². The molecule has 4 rings (SSSR count). The van der Waals surface area contributed by atoms with E-state index >= 15 is 0 Å². The Morgan fingerprint density at radius 3 is 2.79 bits per heavy atom. The second-order valence-corrected chi connectivity index (χ2v) is 6.71. The number of H-pyrrole nitrogens is 1. The van der Waals surface area contributed by atoms with Crippen LogP contribution in [-0.4, -0.2) is 57.2 Å². The molecule has 7 heteroatoms. The summed E-state index contributed by atoms with van der Waals surface area (Å²) >= 11 is 0. The summed E-state index contributed by atoms with van der Waals surface area (Å²) in [4.78, 5) is 17.1. The van der Waals surface area contributed by atoms with E-state index in [0.717, 1.165) is 74.6 Å². The second kappa shape index (κ2) is 6.39. The first-order valence-electron chi connectivity index (χ1n) is 8.70. The molecule has 128 valence electrons. The molecule has 1 aliphatic carbocycles. The highest BCUT2D eigenvalue weighted by molar-refractivity contribution is 5.94. The molecule has 1 N–H and O–H groups in total. The summed E-state index contributed by atoms with van der Waals surface area (Å²) in [6, 6.07) is 0. The molecule has 0 bridgehead atoms. The maximum atomic E-state index is 12.8. The molecule has 24 heavy (non-hydrogen) atoms. The maximum absolute atomic E-state index is 12.8. The lowest BCUT2D eigenvalue weighted by Crippen LogP contribution is -2.48. The van der Waals surface area contributed by atoms with Crippen molar-refractivity contribution in [1.29, 1.82) is 0 Å². The molecular formula is C17H23N5O2. The quantitative estimate of drug-likeness (QED) is 0.924. The fourth-order valence-corrected chi connectivity index (χ4v) is 3.63. The van der Waals surface area contributed by atoms with E-state index in [1.54, 1.807) is 6.20 Å². The fraction of sp³-hybridized carbons (Fsp3) is 0.588. The SMILES string of the molecule is Cc1oncc1CN1CCN(C(=O)c2n[nH]c3c2CCCC3)CC1. The number of aryl methyl sites for hydroxylation is 2. The van der Waals surface area contributed by atoms with Gasteiger partial charge in [-0.1, -0.05) is 5.16 Å². The largest absolute Gasteiger partial charge is 0.361 e. The predicted molar refractivity (Wildman–Crippen MR) is 87.7 cm³/mol. The zero-order chi connectivity index (χ0) is 16.5. The number of aromatic amines is 1. The van der Waals surface area contributed by atoms with Crippen molar-refractivity contribution in [2.45, 2.75) is 39.2 Å². The highest BCUT2D eigenvalue weighted by Crippen LogP contribution is 2.23. The lowest BCUT2D eigenvalue weighted by atomic mass is 9.95. The molecule has 1 aliphatic heterocycles. The topological polar surface area (TPSA) is 78.3 Å². The monoisotopic (exact) mass is 329 g/mol. The number of nitrogens with one attached hydrogen (secondary N) is 1. The van der Waals surface area contributed by atoms with Crippen molar-refractivity contribution in [2.75, 3.05) is 26.2 Å². The third kappa shape index (κ3) is 2.84. The molecule has 2 aromatic rings. The normalized spacial score (nSPS) is 18.6. The Hall–Kier alpha value is -2.15. The summed E-state index contributed by atoms with van der Waals surface area (Å²) < 4.78 is 5.11. The number of piperazine rings is 1. The summed E-state index contributed by atoms with van der Waals surface area (Å²) in [5, 5.41) is 11.2. The zero-order valence-corrected chi connectivity index (χ0v) is 14.0. The zero-order valence-electron chi connectivity index (χ0n) is 14.0. The molecule has 7 nitrogen and oxygen atoms in total. The van der Waals surface area contributed by atoms with Gasteiger partial charge in [-0.3, -0.25) is 14.8 Å². The minimum Gasteiger partial charge on any atom is -0.361 e. The molecule has 0 aromatic carbocycles. The van der Waals surface area contributed by atoms with E-state index in [2.05, 4.69) is 20.3 Å². The number of aromatic nitrogens is 3. The van der Waals surface area contributed by atoms with Crippen LogP contribution in [-0.2, 0) is 19.4 Å². The van der Waals surface area contributed by atoms with Crippen LogP contribution in [0.5, 0.6) is 0 Å². The van der Waals surface area contributed by atoms with Gasteiger partial charge in [0.05, 0.1) is 6.20 Å². The summed E-state index contributed by atoms with van der Waals surface area (Å²) in [7, 11) is 0. The Morgan fingerprint density at radius 2 is 2.04 bits per heavy atom. The van der Waals surface area contributed by atoms with E-state index in [1.807, 2.05) is 11.8 Å². The summed E-state index contributed by atoms with van der Waals surface area (Å²) in [6.07, 6.45) is 6.10. The van der Waals surface area contributed by atoms with Gasteiger partial charge >= 0.3 is 0 Å². The van der Waals surface area contributed by atoms with E-state index in [1.165, 1.54) is 6.42 Å². The lowest BCUT2D eigenvalue weighted by molar-refractivity contribution is 0.0621. The van der Waals surface area contributed by atoms with Gasteiger partial charge in [-0.2, -0.15) is 5.10 Å². The van der Waals surface area contributed by atoms with Gasteiger partial charge in [0.1, 0.15) is 5.76 Å². The molecule has 0 spiro atoms. The smallest absolute Gasteiger partial charge is 0.274 e. The van der Waals surface area contributed by atoms with Crippen molar-refractivity contribution < 1.29 is 9.32 Å². The highest BCUT2D eigenvalue weighted by Gasteiger charge is 2.28. The van der Waals surface area contributed by atoms with Gasteiger partial charge in [0.2, 0.25) is 0 Å². The van der Waals surface area contributed by atoms with Crippen molar-refractivity contribution in [3.05, 3.63) is 34.5 Å². The number of fused-ring (bicyclic) bond motifs is 1. The molecular weight excluding hydrogens is 306 g/mol. The first-order valence-corrected chi connectivity index (χ1v) is 8.70. The average Bonchev–Trinajstić information content (AvgIpc) is 3.21. The number of amides is 1. The molecule has 1 saturated heterocycles. The average molecular weight is 329 g/mol. The maximum Gasteiger partial charge on any atom is 0.274 e. The van der Waals surface area contributed by atoms with Gasteiger partial charge in [-0.15, -0.1) is 0 Å². The van der Waals surface area contributed by atoms with Crippen molar-refractivity contribution in [2.24, 2.45) is 0 Å². The minimum atomic E-state index is 0.0789. The van der Waals surface area contributed by atoms with Gasteiger partial charge < -0.3 is 9.42 Å². The van der Waals surface area contributed by atoms with Crippen LogP contribution < -0.4 is 0 Å². The number of carbonyl (C=O) groups is 1.